The number of rotatable bonds is 6. The van der Waals surface area contributed by atoms with Crippen molar-refractivity contribution in [1.82, 2.24) is 24.8 Å². The minimum atomic E-state index is 0.0294. The van der Waals surface area contributed by atoms with Crippen LogP contribution < -0.4 is 0 Å². The number of benzene rings is 4. The molecule has 2 heterocycles. The van der Waals surface area contributed by atoms with Crippen molar-refractivity contribution in [1.29, 1.82) is 0 Å². The number of carbonyl (C=O) groups excluding carboxylic acids is 1. The number of halogens is 2. The Hall–Kier alpha value is -3.97. The summed E-state index contributed by atoms with van der Waals surface area (Å²) in [5.74, 6) is 0.0294. The quantitative estimate of drug-likeness (QED) is 0.227. The second-order valence-corrected chi connectivity index (χ2v) is 10.7. The van der Waals surface area contributed by atoms with Crippen LogP contribution in [0.15, 0.2) is 109 Å². The molecule has 1 aromatic heterocycles. The van der Waals surface area contributed by atoms with Crippen LogP contribution in [-0.2, 0) is 0 Å². The van der Waals surface area contributed by atoms with Gasteiger partial charge in [-0.15, -0.1) is 5.10 Å². The largest absolute Gasteiger partial charge is 0.336 e. The lowest BCUT2D eigenvalue weighted by Gasteiger charge is -2.40. The normalized spacial score (nSPS) is 14.7. The van der Waals surface area contributed by atoms with Gasteiger partial charge in [-0.1, -0.05) is 83.0 Å². The molecule has 4 aromatic carbocycles. The molecule has 1 aliphatic heterocycles. The van der Waals surface area contributed by atoms with Crippen LogP contribution in [0.5, 0.6) is 0 Å². The maximum atomic E-state index is 13.4. The highest BCUT2D eigenvalue weighted by Crippen LogP contribution is 2.31. The van der Waals surface area contributed by atoms with E-state index in [9.17, 15) is 4.79 Å². The van der Waals surface area contributed by atoms with Gasteiger partial charge in [-0.05, 0) is 59.7 Å². The molecule has 1 fully saturated rings. The van der Waals surface area contributed by atoms with Crippen molar-refractivity contribution in [2.24, 2.45) is 0 Å². The molecule has 1 amide bonds. The maximum absolute atomic E-state index is 13.4. The molecule has 8 heteroatoms. The fourth-order valence-corrected chi connectivity index (χ4v) is 5.61. The van der Waals surface area contributed by atoms with Crippen molar-refractivity contribution in [3.63, 3.8) is 0 Å². The summed E-state index contributed by atoms with van der Waals surface area (Å²) in [5, 5.41) is 9.74. The Morgan fingerprint density at radius 2 is 1.43 bits per heavy atom. The Kier molecular flexibility index (Phi) is 7.64. The molecular formula is C32H27Cl2N5O. The minimum Gasteiger partial charge on any atom is -0.336 e. The second-order valence-electron chi connectivity index (χ2n) is 9.78. The van der Waals surface area contributed by atoms with Gasteiger partial charge in [0.05, 0.1) is 23.6 Å². The molecule has 6 nitrogen and oxygen atoms in total. The van der Waals surface area contributed by atoms with E-state index < -0.39 is 0 Å². The molecule has 200 valence electrons. The molecule has 1 atom stereocenters. The summed E-state index contributed by atoms with van der Waals surface area (Å²) >= 11 is 12.4. The van der Waals surface area contributed by atoms with Crippen LogP contribution in [0.25, 0.3) is 16.9 Å². The lowest BCUT2D eigenvalue weighted by molar-refractivity contribution is 0.0597. The van der Waals surface area contributed by atoms with E-state index in [2.05, 4.69) is 45.5 Å². The standard InChI is InChI=1S/C32H27Cl2N5O/c33-27-13-9-23(10-14-27)30-22-35-36-39(30)29-15-11-25(12-16-29)32(40)38-19-17-37(18-20-38)31(24-5-2-1-3-6-24)26-7-4-8-28(34)21-26/h1-16,21-22,31H,17-20H2/t31-/m0/s1. The molecule has 5 aromatic rings. The first kappa shape index (κ1) is 26.3. The zero-order chi connectivity index (χ0) is 27.5. The van der Waals surface area contributed by atoms with Gasteiger partial charge < -0.3 is 4.90 Å². The lowest BCUT2D eigenvalue weighted by atomic mass is 9.96. The summed E-state index contributed by atoms with van der Waals surface area (Å²) < 4.78 is 1.76. The predicted molar refractivity (Wildman–Crippen MR) is 159 cm³/mol. The Bertz CT molecular complexity index is 1590. The summed E-state index contributed by atoms with van der Waals surface area (Å²) in [4.78, 5) is 17.8. The zero-order valence-electron chi connectivity index (χ0n) is 21.7. The second kappa shape index (κ2) is 11.6. The molecule has 1 aliphatic rings. The highest BCUT2D eigenvalue weighted by molar-refractivity contribution is 6.30. The molecule has 0 saturated carbocycles. The number of hydrogen-bond acceptors (Lipinski definition) is 4. The number of nitrogens with zero attached hydrogens (tertiary/aromatic N) is 5. The average molecular weight is 569 g/mol. The summed E-state index contributed by atoms with van der Waals surface area (Å²) in [6.07, 6.45) is 1.72. The fraction of sp³-hybridized carbons (Fsp3) is 0.156. The fourth-order valence-electron chi connectivity index (χ4n) is 5.28. The highest BCUT2D eigenvalue weighted by Gasteiger charge is 2.28. The van der Waals surface area contributed by atoms with E-state index in [-0.39, 0.29) is 11.9 Å². The number of amides is 1. The number of piperazine rings is 1. The molecule has 6 rings (SSSR count). The van der Waals surface area contributed by atoms with E-state index in [4.69, 9.17) is 23.2 Å². The minimum absolute atomic E-state index is 0.0294. The van der Waals surface area contributed by atoms with Gasteiger partial charge in [0.2, 0.25) is 0 Å². The van der Waals surface area contributed by atoms with Crippen molar-refractivity contribution in [2.45, 2.75) is 6.04 Å². The Morgan fingerprint density at radius 1 is 0.725 bits per heavy atom. The van der Waals surface area contributed by atoms with Crippen LogP contribution in [0.1, 0.15) is 27.5 Å². The van der Waals surface area contributed by atoms with Crippen LogP contribution >= 0.6 is 23.2 Å². The predicted octanol–water partition coefficient (Wildman–Crippen LogP) is 6.79. The molecule has 0 aliphatic carbocycles. The molecule has 1 saturated heterocycles. The van der Waals surface area contributed by atoms with Crippen molar-refractivity contribution in [2.75, 3.05) is 26.2 Å². The van der Waals surface area contributed by atoms with Crippen molar-refractivity contribution in [3.05, 3.63) is 136 Å². The molecule has 0 N–H and O–H groups in total. The summed E-state index contributed by atoms with van der Waals surface area (Å²) in [5.41, 5.74) is 5.65. The van der Waals surface area contributed by atoms with Gasteiger partial charge in [-0.3, -0.25) is 9.69 Å². The van der Waals surface area contributed by atoms with Gasteiger partial charge in [0.1, 0.15) is 0 Å². The summed E-state index contributed by atoms with van der Waals surface area (Å²) in [6.45, 7) is 2.82. The average Bonchev–Trinajstić information content (AvgIpc) is 3.49. The van der Waals surface area contributed by atoms with Gasteiger partial charge in [-0.2, -0.15) is 0 Å². The molecule has 0 spiro atoms. The van der Waals surface area contributed by atoms with E-state index in [1.54, 1.807) is 10.9 Å². The Labute approximate surface area is 243 Å². The number of aromatic nitrogens is 3. The maximum Gasteiger partial charge on any atom is 0.253 e. The highest BCUT2D eigenvalue weighted by atomic mass is 35.5. The summed E-state index contributed by atoms with van der Waals surface area (Å²) in [7, 11) is 0. The molecule has 0 radical (unpaired) electrons. The molecule has 40 heavy (non-hydrogen) atoms. The van der Waals surface area contributed by atoms with Gasteiger partial charge in [0, 0.05) is 47.4 Å². The number of carbonyl (C=O) groups is 1. The van der Waals surface area contributed by atoms with Gasteiger partial charge in [-0.25, -0.2) is 4.68 Å². The molecule has 0 unspecified atom stereocenters. The first-order valence-corrected chi connectivity index (χ1v) is 13.9. The third-order valence-corrected chi connectivity index (χ3v) is 7.78. The Morgan fingerprint density at radius 3 is 2.12 bits per heavy atom. The van der Waals surface area contributed by atoms with Gasteiger partial charge >= 0.3 is 0 Å². The van der Waals surface area contributed by atoms with E-state index in [0.717, 1.165) is 40.6 Å². The van der Waals surface area contributed by atoms with E-state index in [1.165, 1.54) is 5.56 Å². The SMILES string of the molecule is O=C(c1ccc(-n2nncc2-c2ccc(Cl)cc2)cc1)N1CCN([C@@H](c2ccccc2)c2cccc(Cl)c2)CC1. The van der Waals surface area contributed by atoms with Crippen LogP contribution in [0.2, 0.25) is 10.0 Å². The van der Waals surface area contributed by atoms with Crippen molar-refractivity contribution in [3.8, 4) is 16.9 Å². The number of hydrogen-bond donors (Lipinski definition) is 0. The first-order chi connectivity index (χ1) is 19.6. The van der Waals surface area contributed by atoms with Crippen LogP contribution in [0.3, 0.4) is 0 Å². The molecule has 0 bridgehead atoms. The van der Waals surface area contributed by atoms with Crippen LogP contribution in [0, 0.1) is 0 Å². The first-order valence-electron chi connectivity index (χ1n) is 13.2. The van der Waals surface area contributed by atoms with Crippen LogP contribution in [-0.4, -0.2) is 56.9 Å². The van der Waals surface area contributed by atoms with Crippen LogP contribution in [0.4, 0.5) is 0 Å². The van der Waals surface area contributed by atoms with Crippen molar-refractivity contribution >= 4 is 29.1 Å². The van der Waals surface area contributed by atoms with Gasteiger partial charge in [0.15, 0.2) is 0 Å². The molecular weight excluding hydrogens is 541 g/mol. The smallest absolute Gasteiger partial charge is 0.253 e. The third-order valence-electron chi connectivity index (χ3n) is 7.29. The van der Waals surface area contributed by atoms with E-state index in [0.29, 0.717) is 23.7 Å². The third kappa shape index (κ3) is 5.52. The van der Waals surface area contributed by atoms with E-state index >= 15 is 0 Å². The zero-order valence-corrected chi connectivity index (χ0v) is 23.2. The lowest BCUT2D eigenvalue weighted by Crippen LogP contribution is -2.49. The van der Waals surface area contributed by atoms with E-state index in [1.807, 2.05) is 77.7 Å². The monoisotopic (exact) mass is 567 g/mol. The van der Waals surface area contributed by atoms with Crippen molar-refractivity contribution < 1.29 is 4.79 Å². The Balaban J connectivity index is 1.16. The topological polar surface area (TPSA) is 54.3 Å². The van der Waals surface area contributed by atoms with Gasteiger partial charge in [0.25, 0.3) is 5.91 Å². The summed E-state index contributed by atoms with van der Waals surface area (Å²) in [6, 6.07) is 33.7.